The zero-order valence-corrected chi connectivity index (χ0v) is 22.8. The van der Waals surface area contributed by atoms with Gasteiger partial charge in [-0.2, -0.15) is 0 Å². The standard InChI is InChI=1S/C29H60N2O/c1-5-9-12-13-14-15-16-17-18-19-20-21-22-23-24-25-29(32)31(26-8-4)30(27-10-6-2)28-11-7-3/h5-28H2,1-4H3. The van der Waals surface area contributed by atoms with Crippen molar-refractivity contribution in [1.29, 1.82) is 0 Å². The number of carbonyl (C=O) groups is 1. The van der Waals surface area contributed by atoms with Gasteiger partial charge in [-0.3, -0.25) is 9.80 Å². The van der Waals surface area contributed by atoms with Crippen molar-refractivity contribution in [3.8, 4) is 0 Å². The van der Waals surface area contributed by atoms with Crippen LogP contribution in [0.5, 0.6) is 0 Å². The highest BCUT2D eigenvalue weighted by Gasteiger charge is 2.19. The van der Waals surface area contributed by atoms with E-state index in [9.17, 15) is 4.79 Å². The number of nitrogens with zero attached hydrogens (tertiary/aromatic N) is 2. The van der Waals surface area contributed by atoms with Crippen LogP contribution in [0.4, 0.5) is 0 Å². The van der Waals surface area contributed by atoms with Gasteiger partial charge in [0.15, 0.2) is 0 Å². The Morgan fingerprint density at radius 2 is 0.812 bits per heavy atom. The lowest BCUT2D eigenvalue weighted by Crippen LogP contribution is -2.47. The predicted octanol–water partition coefficient (Wildman–Crippen LogP) is 9.30. The van der Waals surface area contributed by atoms with Crippen LogP contribution in [-0.4, -0.2) is 35.6 Å². The third-order valence-corrected chi connectivity index (χ3v) is 6.60. The molecule has 0 saturated heterocycles. The average molecular weight is 453 g/mol. The fourth-order valence-corrected chi connectivity index (χ4v) is 4.45. The number of carbonyl (C=O) groups excluding carboxylic acids is 1. The molecule has 0 aliphatic heterocycles. The molecule has 0 heterocycles. The first-order valence-corrected chi connectivity index (χ1v) is 14.8. The summed E-state index contributed by atoms with van der Waals surface area (Å²) < 4.78 is 0. The maximum absolute atomic E-state index is 12.9. The molecular weight excluding hydrogens is 392 g/mol. The number of hydrogen-bond donors (Lipinski definition) is 0. The second kappa shape index (κ2) is 25.1. The molecule has 0 aromatic heterocycles. The van der Waals surface area contributed by atoms with Gasteiger partial charge in [0, 0.05) is 26.1 Å². The minimum atomic E-state index is 0.355. The number of amides is 1. The highest BCUT2D eigenvalue weighted by molar-refractivity contribution is 5.75. The fourth-order valence-electron chi connectivity index (χ4n) is 4.45. The molecule has 0 aliphatic carbocycles. The van der Waals surface area contributed by atoms with Crippen LogP contribution in [0.2, 0.25) is 0 Å². The highest BCUT2D eigenvalue weighted by atomic mass is 16.2. The van der Waals surface area contributed by atoms with Gasteiger partial charge >= 0.3 is 0 Å². The van der Waals surface area contributed by atoms with Crippen molar-refractivity contribution in [2.45, 2.75) is 163 Å². The quantitative estimate of drug-likeness (QED) is 0.102. The van der Waals surface area contributed by atoms with E-state index in [1.54, 1.807) is 0 Å². The summed E-state index contributed by atoms with van der Waals surface area (Å²) in [6.07, 6.45) is 27.1. The van der Waals surface area contributed by atoms with Gasteiger partial charge < -0.3 is 0 Å². The van der Waals surface area contributed by atoms with Crippen LogP contribution in [0.25, 0.3) is 0 Å². The van der Waals surface area contributed by atoms with Crippen molar-refractivity contribution in [3.63, 3.8) is 0 Å². The van der Waals surface area contributed by atoms with Crippen molar-refractivity contribution in [3.05, 3.63) is 0 Å². The highest BCUT2D eigenvalue weighted by Crippen LogP contribution is 2.15. The summed E-state index contributed by atoms with van der Waals surface area (Å²) in [5.41, 5.74) is 0. The maximum Gasteiger partial charge on any atom is 0.236 e. The molecule has 3 nitrogen and oxygen atoms in total. The van der Waals surface area contributed by atoms with E-state index in [0.717, 1.165) is 38.9 Å². The van der Waals surface area contributed by atoms with Crippen molar-refractivity contribution < 1.29 is 4.79 Å². The van der Waals surface area contributed by atoms with Crippen LogP contribution in [0.15, 0.2) is 0 Å². The summed E-state index contributed by atoms with van der Waals surface area (Å²) in [6.45, 7) is 11.9. The zero-order chi connectivity index (χ0) is 23.7. The van der Waals surface area contributed by atoms with E-state index in [-0.39, 0.29) is 0 Å². The Labute approximate surface area is 203 Å². The SMILES string of the molecule is CCCCCCCCCCCCCCCCCC(=O)N(CCC)N(CCCC)CCCC. The number of unbranched alkanes of at least 4 members (excludes halogenated alkanes) is 16. The molecule has 0 bridgehead atoms. The number of hydrazine groups is 1. The summed E-state index contributed by atoms with van der Waals surface area (Å²) >= 11 is 0. The van der Waals surface area contributed by atoms with Gasteiger partial charge in [-0.05, 0) is 25.7 Å². The first-order chi connectivity index (χ1) is 15.7. The first kappa shape index (κ1) is 31.4. The second-order valence-corrected chi connectivity index (χ2v) is 9.88. The smallest absolute Gasteiger partial charge is 0.236 e. The Kier molecular flexibility index (Phi) is 24.6. The molecule has 0 N–H and O–H groups in total. The van der Waals surface area contributed by atoms with Gasteiger partial charge in [-0.1, -0.05) is 130 Å². The van der Waals surface area contributed by atoms with Gasteiger partial charge in [0.05, 0.1) is 0 Å². The lowest BCUT2D eigenvalue weighted by molar-refractivity contribution is -0.150. The second-order valence-electron chi connectivity index (χ2n) is 9.88. The molecule has 0 spiro atoms. The Morgan fingerprint density at radius 1 is 0.438 bits per heavy atom. The molecule has 32 heavy (non-hydrogen) atoms. The Hall–Kier alpha value is -0.570. The average Bonchev–Trinajstić information content (AvgIpc) is 2.80. The van der Waals surface area contributed by atoms with Crippen LogP contribution < -0.4 is 0 Å². The number of rotatable bonds is 25. The largest absolute Gasteiger partial charge is 0.275 e. The topological polar surface area (TPSA) is 23.6 Å². The van der Waals surface area contributed by atoms with E-state index in [4.69, 9.17) is 0 Å². The summed E-state index contributed by atoms with van der Waals surface area (Å²) in [5, 5.41) is 4.44. The lowest BCUT2D eigenvalue weighted by atomic mass is 10.0. The Balaban J connectivity index is 3.80. The molecule has 3 heteroatoms. The van der Waals surface area contributed by atoms with E-state index >= 15 is 0 Å². The lowest BCUT2D eigenvalue weighted by Gasteiger charge is -2.35. The molecule has 0 rings (SSSR count). The summed E-state index contributed by atoms with van der Waals surface area (Å²) in [4.78, 5) is 12.9. The number of hydrogen-bond acceptors (Lipinski definition) is 2. The van der Waals surface area contributed by atoms with Crippen molar-refractivity contribution in [1.82, 2.24) is 10.0 Å². The van der Waals surface area contributed by atoms with E-state index < -0.39 is 0 Å². The van der Waals surface area contributed by atoms with Gasteiger partial charge in [0.1, 0.15) is 0 Å². The molecular formula is C29H60N2O. The Bertz CT molecular complexity index is 377. The third kappa shape index (κ3) is 18.9. The van der Waals surface area contributed by atoms with Gasteiger partial charge in [-0.15, -0.1) is 0 Å². The fraction of sp³-hybridized carbons (Fsp3) is 0.966. The van der Waals surface area contributed by atoms with E-state index in [1.807, 2.05) is 0 Å². The summed E-state index contributed by atoms with van der Waals surface area (Å²) in [5.74, 6) is 0.355. The molecule has 0 fully saturated rings. The molecule has 0 radical (unpaired) electrons. The van der Waals surface area contributed by atoms with Gasteiger partial charge in [0.2, 0.25) is 5.91 Å². The van der Waals surface area contributed by atoms with Gasteiger partial charge in [-0.25, -0.2) is 5.01 Å². The minimum absolute atomic E-state index is 0.355. The van der Waals surface area contributed by atoms with Crippen molar-refractivity contribution >= 4 is 5.91 Å². The van der Waals surface area contributed by atoms with Gasteiger partial charge in [0.25, 0.3) is 0 Å². The maximum atomic E-state index is 12.9. The van der Waals surface area contributed by atoms with E-state index in [1.165, 1.54) is 116 Å². The monoisotopic (exact) mass is 452 g/mol. The third-order valence-electron chi connectivity index (χ3n) is 6.60. The van der Waals surface area contributed by atoms with Crippen molar-refractivity contribution in [2.24, 2.45) is 0 Å². The molecule has 0 aliphatic rings. The Morgan fingerprint density at radius 3 is 1.19 bits per heavy atom. The molecule has 1 amide bonds. The van der Waals surface area contributed by atoms with E-state index in [0.29, 0.717) is 5.91 Å². The normalized spacial score (nSPS) is 11.4. The summed E-state index contributed by atoms with van der Waals surface area (Å²) in [6, 6.07) is 0. The van der Waals surface area contributed by atoms with Crippen molar-refractivity contribution in [2.75, 3.05) is 19.6 Å². The molecule has 192 valence electrons. The molecule has 0 atom stereocenters. The van der Waals surface area contributed by atoms with E-state index in [2.05, 4.69) is 37.7 Å². The molecule has 0 aromatic rings. The molecule has 0 aromatic carbocycles. The van der Waals surface area contributed by atoms with Crippen LogP contribution in [-0.2, 0) is 4.79 Å². The minimum Gasteiger partial charge on any atom is -0.275 e. The zero-order valence-electron chi connectivity index (χ0n) is 22.8. The summed E-state index contributed by atoms with van der Waals surface area (Å²) in [7, 11) is 0. The first-order valence-electron chi connectivity index (χ1n) is 14.8. The van der Waals surface area contributed by atoms with Crippen LogP contribution in [0, 0.1) is 0 Å². The predicted molar refractivity (Wildman–Crippen MR) is 143 cm³/mol. The van der Waals surface area contributed by atoms with Crippen LogP contribution in [0.1, 0.15) is 163 Å². The van der Waals surface area contributed by atoms with Crippen LogP contribution >= 0.6 is 0 Å². The van der Waals surface area contributed by atoms with Crippen LogP contribution in [0.3, 0.4) is 0 Å². The molecule has 0 unspecified atom stereocenters. The molecule has 0 saturated carbocycles.